The lowest BCUT2D eigenvalue weighted by atomic mass is 9.69. The molecular weight excluding hydrogens is 362 g/mol. The van der Waals surface area contributed by atoms with Crippen molar-refractivity contribution in [1.82, 2.24) is 0 Å². The van der Waals surface area contributed by atoms with Crippen LogP contribution in [0.4, 0.5) is 0 Å². The number of nitrogens with zero attached hydrogens (tertiary/aromatic N) is 1. The van der Waals surface area contributed by atoms with Crippen molar-refractivity contribution in [2.75, 3.05) is 26.2 Å². The predicted octanol–water partition coefficient (Wildman–Crippen LogP) is 8.80. The number of hydrogen-bond acceptors (Lipinski definition) is 0. The summed E-state index contributed by atoms with van der Waals surface area (Å²) >= 11 is 0. The standard InChI is InChI=1S/C29H56N/c1-13-30(14-2,15-3)21-19-17-16-18-20-23-22-24(27(4,5)6)26(29(10,11)12)25(23)28(7,8)9/h22-23H,13-21H2,1-12H3/q+1. The summed E-state index contributed by atoms with van der Waals surface area (Å²) < 4.78 is 1.30. The lowest BCUT2D eigenvalue weighted by molar-refractivity contribution is -0.923. The molecule has 176 valence electrons. The minimum absolute atomic E-state index is 0.207. The molecule has 0 saturated carbocycles. The van der Waals surface area contributed by atoms with Crippen molar-refractivity contribution in [2.45, 2.75) is 115 Å². The van der Waals surface area contributed by atoms with Crippen molar-refractivity contribution in [1.29, 1.82) is 0 Å². The van der Waals surface area contributed by atoms with E-state index in [9.17, 15) is 0 Å². The lowest BCUT2D eigenvalue weighted by Crippen LogP contribution is -2.48. The molecule has 0 N–H and O–H groups in total. The quantitative estimate of drug-likeness (QED) is 0.245. The maximum atomic E-state index is 2.66. The van der Waals surface area contributed by atoms with Crippen LogP contribution < -0.4 is 0 Å². The van der Waals surface area contributed by atoms with Gasteiger partial charge in [0.15, 0.2) is 0 Å². The molecule has 0 spiro atoms. The van der Waals surface area contributed by atoms with Crippen LogP contribution in [0.3, 0.4) is 0 Å². The molecule has 0 bridgehead atoms. The van der Waals surface area contributed by atoms with E-state index in [0.29, 0.717) is 5.92 Å². The van der Waals surface area contributed by atoms with Crippen molar-refractivity contribution >= 4 is 0 Å². The van der Waals surface area contributed by atoms with E-state index >= 15 is 0 Å². The molecule has 1 rings (SSSR count). The molecule has 1 unspecified atom stereocenters. The van der Waals surface area contributed by atoms with E-state index in [-0.39, 0.29) is 16.2 Å². The summed E-state index contributed by atoms with van der Waals surface area (Å²) in [6.07, 6.45) is 9.51. The van der Waals surface area contributed by atoms with Gasteiger partial charge in [0.05, 0.1) is 26.2 Å². The molecule has 0 saturated heterocycles. The molecule has 0 heterocycles. The van der Waals surface area contributed by atoms with Gasteiger partial charge in [-0.3, -0.25) is 0 Å². The lowest BCUT2D eigenvalue weighted by Gasteiger charge is -2.36. The van der Waals surface area contributed by atoms with Gasteiger partial charge in [-0.25, -0.2) is 0 Å². The first-order valence-corrected chi connectivity index (χ1v) is 13.0. The average molecular weight is 419 g/mol. The molecule has 0 aromatic carbocycles. The van der Waals surface area contributed by atoms with Gasteiger partial charge < -0.3 is 4.48 Å². The second-order valence-corrected chi connectivity index (χ2v) is 12.9. The zero-order valence-electron chi connectivity index (χ0n) is 23.0. The van der Waals surface area contributed by atoms with Gasteiger partial charge in [-0.2, -0.15) is 0 Å². The van der Waals surface area contributed by atoms with Crippen LogP contribution in [0, 0.1) is 22.2 Å². The fourth-order valence-corrected chi connectivity index (χ4v) is 5.60. The zero-order chi connectivity index (χ0) is 23.4. The molecule has 1 heteroatoms. The number of allylic oxidation sites excluding steroid dienone is 4. The number of unbranched alkanes of at least 4 members (excludes halogenated alkanes) is 3. The molecule has 0 radical (unpaired) electrons. The van der Waals surface area contributed by atoms with Gasteiger partial charge >= 0.3 is 0 Å². The summed E-state index contributed by atoms with van der Waals surface area (Å²) in [6, 6.07) is 0. The smallest absolute Gasteiger partial charge is 0.0786 e. The fraction of sp³-hybridized carbons (Fsp3) is 0.862. The van der Waals surface area contributed by atoms with E-state index in [0.717, 1.165) is 0 Å². The van der Waals surface area contributed by atoms with Gasteiger partial charge in [0.25, 0.3) is 0 Å². The Bertz CT molecular complexity index is 585. The molecule has 0 aromatic rings. The van der Waals surface area contributed by atoms with Crippen LogP contribution in [-0.2, 0) is 0 Å². The maximum absolute atomic E-state index is 2.66. The van der Waals surface area contributed by atoms with Gasteiger partial charge in [0, 0.05) is 0 Å². The van der Waals surface area contributed by atoms with Crippen LogP contribution in [0.5, 0.6) is 0 Å². The van der Waals surface area contributed by atoms with E-state index in [1.54, 1.807) is 16.7 Å². The zero-order valence-corrected chi connectivity index (χ0v) is 23.0. The van der Waals surface area contributed by atoms with Gasteiger partial charge in [0.2, 0.25) is 0 Å². The minimum Gasteiger partial charge on any atom is -0.324 e. The first-order valence-electron chi connectivity index (χ1n) is 13.0. The Hall–Kier alpha value is -0.560. The predicted molar refractivity (Wildman–Crippen MR) is 137 cm³/mol. The SMILES string of the molecule is CC[N+](CC)(CC)CCCCCCC1C=C(C(C)(C)C)C(C(C)(C)C)=C1C(C)(C)C. The molecule has 1 aliphatic rings. The van der Waals surface area contributed by atoms with Gasteiger partial charge in [-0.1, -0.05) is 86.8 Å². The van der Waals surface area contributed by atoms with E-state index in [4.69, 9.17) is 0 Å². The Morgan fingerprint density at radius 3 is 1.57 bits per heavy atom. The molecule has 0 amide bonds. The van der Waals surface area contributed by atoms with E-state index in [1.165, 1.54) is 62.8 Å². The van der Waals surface area contributed by atoms with Crippen molar-refractivity contribution in [3.8, 4) is 0 Å². The molecule has 1 atom stereocenters. The molecule has 30 heavy (non-hydrogen) atoms. The normalized spacial score (nSPS) is 18.9. The van der Waals surface area contributed by atoms with Crippen molar-refractivity contribution in [3.05, 3.63) is 22.8 Å². The second kappa shape index (κ2) is 10.4. The summed E-state index contributed by atoms with van der Waals surface area (Å²) in [5.41, 5.74) is 5.65. The third kappa shape index (κ3) is 6.98. The summed E-state index contributed by atoms with van der Waals surface area (Å²) in [5.74, 6) is 0.630. The Balaban J connectivity index is 2.86. The largest absolute Gasteiger partial charge is 0.324 e. The average Bonchev–Trinajstić information content (AvgIpc) is 3.02. The van der Waals surface area contributed by atoms with Crippen molar-refractivity contribution in [3.63, 3.8) is 0 Å². The van der Waals surface area contributed by atoms with E-state index in [2.05, 4.69) is 89.2 Å². The topological polar surface area (TPSA) is 0 Å². The molecule has 0 fully saturated rings. The molecule has 0 aromatic heterocycles. The highest BCUT2D eigenvalue weighted by atomic mass is 15.3. The van der Waals surface area contributed by atoms with Crippen LogP contribution in [-0.4, -0.2) is 30.7 Å². The summed E-state index contributed by atoms with van der Waals surface area (Å²) in [4.78, 5) is 0. The van der Waals surface area contributed by atoms with Crippen LogP contribution in [0.1, 0.15) is 115 Å². The Morgan fingerprint density at radius 2 is 1.17 bits per heavy atom. The highest BCUT2D eigenvalue weighted by Crippen LogP contribution is 2.54. The summed E-state index contributed by atoms with van der Waals surface area (Å²) in [7, 11) is 0. The van der Waals surface area contributed by atoms with E-state index in [1.807, 2.05) is 0 Å². The first kappa shape index (κ1) is 27.5. The van der Waals surface area contributed by atoms with Crippen LogP contribution >= 0.6 is 0 Å². The Morgan fingerprint density at radius 1 is 0.667 bits per heavy atom. The summed E-state index contributed by atoms with van der Waals surface area (Å²) in [5, 5.41) is 0. The summed E-state index contributed by atoms with van der Waals surface area (Å²) in [6.45, 7) is 34.0. The third-order valence-corrected chi connectivity index (χ3v) is 7.55. The molecule has 1 nitrogen and oxygen atoms in total. The molecule has 1 aliphatic carbocycles. The number of quaternary nitrogens is 1. The highest BCUT2D eigenvalue weighted by molar-refractivity contribution is 5.52. The Labute approximate surface area is 191 Å². The second-order valence-electron chi connectivity index (χ2n) is 12.9. The fourth-order valence-electron chi connectivity index (χ4n) is 5.60. The van der Waals surface area contributed by atoms with Gasteiger partial charge in [0.1, 0.15) is 0 Å². The monoisotopic (exact) mass is 418 g/mol. The van der Waals surface area contributed by atoms with Crippen LogP contribution in [0.2, 0.25) is 0 Å². The van der Waals surface area contributed by atoms with Crippen LogP contribution in [0.15, 0.2) is 22.8 Å². The number of hydrogen-bond donors (Lipinski definition) is 0. The van der Waals surface area contributed by atoms with Gasteiger partial charge in [-0.15, -0.1) is 0 Å². The van der Waals surface area contributed by atoms with Crippen LogP contribution in [0.25, 0.3) is 0 Å². The highest BCUT2D eigenvalue weighted by Gasteiger charge is 2.40. The molecule has 0 aliphatic heterocycles. The molecular formula is C29H56N+. The maximum Gasteiger partial charge on any atom is 0.0786 e. The van der Waals surface area contributed by atoms with E-state index < -0.39 is 0 Å². The van der Waals surface area contributed by atoms with Crippen molar-refractivity contribution < 1.29 is 4.48 Å². The minimum atomic E-state index is 0.207. The number of rotatable bonds is 10. The Kier molecular flexibility index (Phi) is 9.50. The van der Waals surface area contributed by atoms with Gasteiger partial charge in [-0.05, 0) is 73.3 Å². The third-order valence-electron chi connectivity index (χ3n) is 7.55. The first-order chi connectivity index (χ1) is 13.6. The van der Waals surface area contributed by atoms with Crippen molar-refractivity contribution in [2.24, 2.45) is 22.2 Å².